The maximum absolute atomic E-state index is 11.5. The number of aliphatic carboxylic acids is 1. The molecule has 0 unspecified atom stereocenters. The largest absolute Gasteiger partial charge is 0.490 e. The molecule has 0 saturated carbocycles. The summed E-state index contributed by atoms with van der Waals surface area (Å²) in [6, 6.07) is 16.3. The van der Waals surface area contributed by atoms with Gasteiger partial charge >= 0.3 is 12.1 Å². The zero-order chi connectivity index (χ0) is 23.7. The molecule has 32 heavy (non-hydrogen) atoms. The van der Waals surface area contributed by atoms with Crippen LogP contribution in [0.25, 0.3) is 6.08 Å². The highest BCUT2D eigenvalue weighted by Gasteiger charge is 2.38. The van der Waals surface area contributed by atoms with Crippen LogP contribution in [0.3, 0.4) is 0 Å². The van der Waals surface area contributed by atoms with Gasteiger partial charge in [0.2, 0.25) is 5.91 Å². The predicted octanol–water partition coefficient (Wildman–Crippen LogP) is 4.20. The summed E-state index contributed by atoms with van der Waals surface area (Å²) in [5.74, 6) is -2.81. The molecule has 6 nitrogen and oxygen atoms in total. The molecule has 0 aromatic heterocycles. The number of carbonyl (C=O) groups is 2. The number of likely N-dealkylation sites (N-methyl/N-ethyl adjacent to an activating group) is 1. The van der Waals surface area contributed by atoms with Gasteiger partial charge in [-0.1, -0.05) is 42.5 Å². The van der Waals surface area contributed by atoms with Crippen LogP contribution in [-0.4, -0.2) is 36.8 Å². The SMILES string of the molecule is CN1C(/C=C/c2ccc(NC(=O)CCN)cc2)=CCc2ccccc21.O=C(O)C(F)(F)F. The van der Waals surface area contributed by atoms with Gasteiger partial charge in [-0.3, -0.25) is 4.79 Å². The third-order valence-corrected chi connectivity index (χ3v) is 4.53. The molecule has 4 N–H and O–H groups in total. The lowest BCUT2D eigenvalue weighted by atomic mass is 10.0. The van der Waals surface area contributed by atoms with Crippen LogP contribution < -0.4 is 16.0 Å². The number of fused-ring (bicyclic) bond motifs is 1. The number of hydrogen-bond acceptors (Lipinski definition) is 4. The maximum atomic E-state index is 11.5. The number of rotatable bonds is 5. The third-order valence-electron chi connectivity index (χ3n) is 4.53. The number of carboxylic acids is 1. The predicted molar refractivity (Wildman–Crippen MR) is 118 cm³/mol. The Hall–Kier alpha value is -3.59. The van der Waals surface area contributed by atoms with Crippen LogP contribution in [-0.2, 0) is 16.0 Å². The molecule has 0 radical (unpaired) electrons. The number of alkyl halides is 3. The van der Waals surface area contributed by atoms with Crippen LogP contribution in [0.15, 0.2) is 66.4 Å². The van der Waals surface area contributed by atoms with Crippen LogP contribution in [0.5, 0.6) is 0 Å². The van der Waals surface area contributed by atoms with Crippen molar-refractivity contribution in [3.8, 4) is 0 Å². The summed E-state index contributed by atoms with van der Waals surface area (Å²) >= 11 is 0. The lowest BCUT2D eigenvalue weighted by Gasteiger charge is -2.27. The van der Waals surface area contributed by atoms with Crippen LogP contribution in [0, 0.1) is 0 Å². The zero-order valence-corrected chi connectivity index (χ0v) is 17.4. The van der Waals surface area contributed by atoms with Gasteiger partial charge in [-0.15, -0.1) is 0 Å². The Morgan fingerprint density at radius 3 is 2.34 bits per heavy atom. The number of amides is 1. The fourth-order valence-electron chi connectivity index (χ4n) is 2.89. The Kier molecular flexibility index (Phi) is 8.60. The van der Waals surface area contributed by atoms with Crippen molar-refractivity contribution in [2.75, 3.05) is 23.8 Å². The highest BCUT2D eigenvalue weighted by atomic mass is 19.4. The Labute approximate surface area is 183 Å². The lowest BCUT2D eigenvalue weighted by Crippen LogP contribution is -2.21. The lowest BCUT2D eigenvalue weighted by molar-refractivity contribution is -0.192. The number of anilines is 2. The third kappa shape index (κ3) is 7.28. The van der Waals surface area contributed by atoms with Gasteiger partial charge in [-0.05, 0) is 41.8 Å². The van der Waals surface area contributed by atoms with Gasteiger partial charge in [-0.2, -0.15) is 13.2 Å². The Morgan fingerprint density at radius 1 is 1.12 bits per heavy atom. The van der Waals surface area contributed by atoms with E-state index < -0.39 is 12.1 Å². The van der Waals surface area contributed by atoms with E-state index in [1.165, 1.54) is 16.9 Å². The summed E-state index contributed by atoms with van der Waals surface area (Å²) < 4.78 is 31.7. The highest BCUT2D eigenvalue weighted by Crippen LogP contribution is 2.28. The fraction of sp³-hybridized carbons (Fsp3) is 0.217. The summed E-state index contributed by atoms with van der Waals surface area (Å²) in [6.45, 7) is 0.360. The van der Waals surface area contributed by atoms with Gasteiger partial charge in [0.1, 0.15) is 0 Å². The number of carbonyl (C=O) groups excluding carboxylic acids is 1. The van der Waals surface area contributed by atoms with Crippen LogP contribution in [0.2, 0.25) is 0 Å². The molecule has 1 aliphatic heterocycles. The van der Waals surface area contributed by atoms with E-state index in [0.29, 0.717) is 13.0 Å². The number of nitrogens with two attached hydrogens (primary N) is 1. The minimum Gasteiger partial charge on any atom is -0.475 e. The van der Waals surface area contributed by atoms with Crippen molar-refractivity contribution in [1.29, 1.82) is 0 Å². The number of hydrogen-bond donors (Lipinski definition) is 3. The second-order valence-electron chi connectivity index (χ2n) is 6.87. The molecule has 9 heteroatoms. The molecule has 0 bridgehead atoms. The van der Waals surface area contributed by atoms with E-state index in [-0.39, 0.29) is 5.91 Å². The van der Waals surface area contributed by atoms with E-state index in [9.17, 15) is 18.0 Å². The van der Waals surface area contributed by atoms with Gasteiger partial charge in [0.25, 0.3) is 0 Å². The topological polar surface area (TPSA) is 95.7 Å². The summed E-state index contributed by atoms with van der Waals surface area (Å²) in [6.07, 6.45) is 2.65. The molecular formula is C23H24F3N3O3. The van der Waals surface area contributed by atoms with Crippen LogP contribution in [0.4, 0.5) is 24.5 Å². The molecule has 2 aromatic carbocycles. The summed E-state index contributed by atoms with van der Waals surface area (Å²) in [7, 11) is 2.09. The van der Waals surface area contributed by atoms with Crippen molar-refractivity contribution in [3.05, 3.63) is 77.5 Å². The molecule has 1 aliphatic rings. The minimum atomic E-state index is -5.08. The number of halogens is 3. The van der Waals surface area contributed by atoms with E-state index in [0.717, 1.165) is 17.7 Å². The first-order valence-corrected chi connectivity index (χ1v) is 9.71. The molecule has 0 fully saturated rings. The van der Waals surface area contributed by atoms with Gasteiger partial charge in [0.05, 0.1) is 0 Å². The molecule has 0 atom stereocenters. The van der Waals surface area contributed by atoms with E-state index in [1.54, 1.807) is 0 Å². The number of nitrogens with one attached hydrogen (secondary N) is 1. The van der Waals surface area contributed by atoms with Gasteiger partial charge < -0.3 is 21.1 Å². The minimum absolute atomic E-state index is 0.0570. The van der Waals surface area contributed by atoms with Crippen molar-refractivity contribution >= 4 is 29.3 Å². The van der Waals surface area contributed by atoms with Crippen molar-refractivity contribution in [2.24, 2.45) is 5.73 Å². The first-order chi connectivity index (χ1) is 15.1. The first-order valence-electron chi connectivity index (χ1n) is 9.71. The standard InChI is InChI=1S/C21H23N3O.C2HF3O2/c1-24-19(13-9-17-4-2-3-5-20(17)24)12-8-16-6-10-18(11-7-16)23-21(25)14-15-22;3-2(4,5)1(6)7/h2-8,10-13H,9,14-15,22H2,1H3,(H,23,25);(H,6,7)/b12-8+;. The first kappa shape index (κ1) is 24.7. The number of para-hydroxylation sites is 1. The van der Waals surface area contributed by atoms with Gasteiger partial charge in [-0.25, -0.2) is 4.79 Å². The van der Waals surface area contributed by atoms with E-state index in [1.807, 2.05) is 24.3 Å². The van der Waals surface area contributed by atoms with Crippen molar-refractivity contribution in [1.82, 2.24) is 0 Å². The fourth-order valence-corrected chi connectivity index (χ4v) is 2.89. The normalized spacial score (nSPS) is 13.0. The molecule has 1 heterocycles. The van der Waals surface area contributed by atoms with Crippen LogP contribution >= 0.6 is 0 Å². The number of allylic oxidation sites excluding steroid dienone is 2. The molecular weight excluding hydrogens is 423 g/mol. The summed E-state index contributed by atoms with van der Waals surface area (Å²) in [5.41, 5.74) is 11.0. The molecule has 3 rings (SSSR count). The molecule has 2 aromatic rings. The molecule has 0 spiro atoms. The molecule has 0 aliphatic carbocycles. The Balaban J connectivity index is 0.000000451. The zero-order valence-electron chi connectivity index (χ0n) is 17.4. The molecule has 170 valence electrons. The maximum Gasteiger partial charge on any atom is 0.490 e. The average Bonchev–Trinajstić information content (AvgIpc) is 2.74. The smallest absolute Gasteiger partial charge is 0.475 e. The number of benzene rings is 2. The second kappa shape index (κ2) is 11.1. The number of carboxylic acid groups (broad SMARTS) is 1. The molecule has 0 saturated heterocycles. The van der Waals surface area contributed by atoms with E-state index in [4.69, 9.17) is 15.6 Å². The van der Waals surface area contributed by atoms with Crippen molar-refractivity contribution in [2.45, 2.75) is 19.0 Å². The number of nitrogens with zero attached hydrogens (tertiary/aromatic N) is 1. The van der Waals surface area contributed by atoms with Gasteiger partial charge in [0, 0.05) is 37.1 Å². The molecule has 1 amide bonds. The van der Waals surface area contributed by atoms with Crippen molar-refractivity contribution < 1.29 is 27.9 Å². The van der Waals surface area contributed by atoms with Crippen molar-refractivity contribution in [3.63, 3.8) is 0 Å². The Bertz CT molecular complexity index is 1000. The van der Waals surface area contributed by atoms with Crippen LogP contribution in [0.1, 0.15) is 17.5 Å². The Morgan fingerprint density at radius 2 is 1.75 bits per heavy atom. The van der Waals surface area contributed by atoms with E-state index >= 15 is 0 Å². The summed E-state index contributed by atoms with van der Waals surface area (Å²) in [5, 5.41) is 9.96. The average molecular weight is 447 g/mol. The highest BCUT2D eigenvalue weighted by molar-refractivity contribution is 5.90. The monoisotopic (exact) mass is 447 g/mol. The summed E-state index contributed by atoms with van der Waals surface area (Å²) in [4.78, 5) is 22.6. The van der Waals surface area contributed by atoms with Gasteiger partial charge in [0.15, 0.2) is 0 Å². The quantitative estimate of drug-likeness (QED) is 0.639. The van der Waals surface area contributed by atoms with E-state index in [2.05, 4.69) is 59.8 Å². The second-order valence-corrected chi connectivity index (χ2v) is 6.87.